The average molecular weight is 335 g/mol. The molecule has 0 fully saturated rings. The van der Waals surface area contributed by atoms with Crippen LogP contribution in [0.4, 0.5) is 5.69 Å². The van der Waals surface area contributed by atoms with Crippen LogP contribution in [-0.4, -0.2) is 15.7 Å². The number of nitrogens with zero attached hydrogens (tertiary/aromatic N) is 2. The Balaban J connectivity index is 1.83. The topological polar surface area (TPSA) is 73.2 Å². The molecule has 3 rings (SSSR count). The van der Waals surface area contributed by atoms with Crippen molar-refractivity contribution in [3.05, 3.63) is 82.8 Å². The third-order valence-corrected chi connectivity index (χ3v) is 3.51. The van der Waals surface area contributed by atoms with Gasteiger partial charge in [0, 0.05) is 12.6 Å². The van der Waals surface area contributed by atoms with Crippen molar-refractivity contribution in [3.63, 3.8) is 0 Å². The molecule has 0 bridgehead atoms. The molecule has 0 spiro atoms. The first-order chi connectivity index (χ1) is 12.2. The first kappa shape index (κ1) is 16.4. The number of aryl methyl sites for hydroxylation is 1. The zero-order chi connectivity index (χ0) is 17.6. The standard InChI is InChI=1S/C19H17N3O3/c1-2-22-18(23)13-12-16(21-22)19(24)20-15-10-6-7-11-17(15)25-14-8-4-3-5-9-14/h3-13H,2H2,1H3,(H,20,24). The second-order valence-corrected chi connectivity index (χ2v) is 5.24. The fourth-order valence-electron chi connectivity index (χ4n) is 2.26. The maximum Gasteiger partial charge on any atom is 0.276 e. The summed E-state index contributed by atoms with van der Waals surface area (Å²) in [5.41, 5.74) is 0.440. The molecule has 0 saturated heterocycles. The van der Waals surface area contributed by atoms with Crippen molar-refractivity contribution in [1.82, 2.24) is 9.78 Å². The van der Waals surface area contributed by atoms with Gasteiger partial charge in [0.25, 0.3) is 11.5 Å². The van der Waals surface area contributed by atoms with Gasteiger partial charge in [-0.15, -0.1) is 0 Å². The van der Waals surface area contributed by atoms with Gasteiger partial charge in [0.2, 0.25) is 0 Å². The lowest BCUT2D eigenvalue weighted by atomic mass is 10.2. The number of carbonyl (C=O) groups excluding carboxylic acids is 1. The quantitative estimate of drug-likeness (QED) is 0.776. The normalized spacial score (nSPS) is 10.3. The molecule has 126 valence electrons. The number of amides is 1. The van der Waals surface area contributed by atoms with Gasteiger partial charge >= 0.3 is 0 Å². The Kier molecular flexibility index (Phi) is 4.89. The average Bonchev–Trinajstić information content (AvgIpc) is 2.64. The highest BCUT2D eigenvalue weighted by molar-refractivity contribution is 6.03. The largest absolute Gasteiger partial charge is 0.455 e. The van der Waals surface area contributed by atoms with Crippen LogP contribution in [0.5, 0.6) is 11.5 Å². The fraction of sp³-hybridized carbons (Fsp3) is 0.105. The number of rotatable bonds is 5. The summed E-state index contributed by atoms with van der Waals surface area (Å²) < 4.78 is 7.06. The predicted octanol–water partition coefficient (Wildman–Crippen LogP) is 3.31. The van der Waals surface area contributed by atoms with E-state index < -0.39 is 5.91 Å². The second-order valence-electron chi connectivity index (χ2n) is 5.24. The van der Waals surface area contributed by atoms with Gasteiger partial charge < -0.3 is 10.1 Å². The van der Waals surface area contributed by atoms with E-state index in [-0.39, 0.29) is 11.3 Å². The Hall–Kier alpha value is -3.41. The molecule has 25 heavy (non-hydrogen) atoms. The number of para-hydroxylation sites is 3. The molecule has 6 nitrogen and oxygen atoms in total. The van der Waals surface area contributed by atoms with E-state index in [0.717, 1.165) is 0 Å². The lowest BCUT2D eigenvalue weighted by Crippen LogP contribution is -2.25. The third kappa shape index (κ3) is 3.92. The number of anilines is 1. The summed E-state index contributed by atoms with van der Waals surface area (Å²) in [6, 6.07) is 19.2. The van der Waals surface area contributed by atoms with E-state index in [4.69, 9.17) is 4.74 Å². The molecular weight excluding hydrogens is 318 g/mol. The Bertz CT molecular complexity index is 936. The van der Waals surface area contributed by atoms with Crippen molar-refractivity contribution >= 4 is 11.6 Å². The van der Waals surface area contributed by atoms with E-state index in [9.17, 15) is 9.59 Å². The molecular formula is C19H17N3O3. The van der Waals surface area contributed by atoms with Crippen molar-refractivity contribution in [2.45, 2.75) is 13.5 Å². The molecule has 1 N–H and O–H groups in total. The van der Waals surface area contributed by atoms with Crippen molar-refractivity contribution in [2.24, 2.45) is 0 Å². The maximum atomic E-state index is 12.5. The number of carbonyl (C=O) groups is 1. The summed E-state index contributed by atoms with van der Waals surface area (Å²) in [4.78, 5) is 24.0. The van der Waals surface area contributed by atoms with Crippen LogP contribution in [0.15, 0.2) is 71.5 Å². The summed E-state index contributed by atoms with van der Waals surface area (Å²) in [6.45, 7) is 2.19. The fourth-order valence-corrected chi connectivity index (χ4v) is 2.26. The van der Waals surface area contributed by atoms with Crippen molar-refractivity contribution in [1.29, 1.82) is 0 Å². The van der Waals surface area contributed by atoms with Crippen molar-refractivity contribution < 1.29 is 9.53 Å². The molecule has 6 heteroatoms. The Morgan fingerprint density at radius 3 is 2.52 bits per heavy atom. The highest BCUT2D eigenvalue weighted by atomic mass is 16.5. The van der Waals surface area contributed by atoms with Crippen LogP contribution in [0.3, 0.4) is 0 Å². The first-order valence-corrected chi connectivity index (χ1v) is 7.89. The molecule has 0 aliphatic heterocycles. The van der Waals surface area contributed by atoms with Gasteiger partial charge in [0.15, 0.2) is 5.75 Å². The summed E-state index contributed by atoms with van der Waals surface area (Å²) in [6.07, 6.45) is 0. The van der Waals surface area contributed by atoms with E-state index in [1.54, 1.807) is 25.1 Å². The number of hydrogen-bond acceptors (Lipinski definition) is 4. The molecule has 0 saturated carbocycles. The SMILES string of the molecule is CCn1nc(C(=O)Nc2ccccc2Oc2ccccc2)ccc1=O. The molecule has 3 aromatic rings. The Morgan fingerprint density at radius 2 is 1.76 bits per heavy atom. The summed E-state index contributed by atoms with van der Waals surface area (Å²) in [5, 5.41) is 6.83. The Morgan fingerprint density at radius 1 is 1.04 bits per heavy atom. The summed E-state index contributed by atoms with van der Waals surface area (Å²) in [7, 11) is 0. The maximum absolute atomic E-state index is 12.5. The van der Waals surface area contributed by atoms with Gasteiger partial charge in [-0.2, -0.15) is 5.10 Å². The molecule has 2 aromatic carbocycles. The molecule has 0 unspecified atom stereocenters. The smallest absolute Gasteiger partial charge is 0.276 e. The van der Waals surface area contributed by atoms with Crippen LogP contribution < -0.4 is 15.6 Å². The summed E-state index contributed by atoms with van der Waals surface area (Å²) in [5.74, 6) is 0.777. The van der Waals surface area contributed by atoms with Gasteiger partial charge in [-0.3, -0.25) is 9.59 Å². The highest BCUT2D eigenvalue weighted by Crippen LogP contribution is 2.29. The van der Waals surface area contributed by atoms with Gasteiger partial charge in [-0.1, -0.05) is 30.3 Å². The van der Waals surface area contributed by atoms with Crippen LogP contribution in [0, 0.1) is 0 Å². The van der Waals surface area contributed by atoms with E-state index in [0.29, 0.717) is 23.7 Å². The van der Waals surface area contributed by atoms with E-state index >= 15 is 0 Å². The van der Waals surface area contributed by atoms with E-state index in [2.05, 4.69) is 10.4 Å². The zero-order valence-electron chi connectivity index (χ0n) is 13.7. The number of aromatic nitrogens is 2. The van der Waals surface area contributed by atoms with Crippen molar-refractivity contribution in [3.8, 4) is 11.5 Å². The number of nitrogens with one attached hydrogen (secondary N) is 1. The molecule has 1 amide bonds. The first-order valence-electron chi connectivity index (χ1n) is 7.89. The number of ether oxygens (including phenoxy) is 1. The highest BCUT2D eigenvalue weighted by Gasteiger charge is 2.12. The van der Waals surface area contributed by atoms with Crippen LogP contribution in [0.25, 0.3) is 0 Å². The van der Waals surface area contributed by atoms with Crippen molar-refractivity contribution in [2.75, 3.05) is 5.32 Å². The van der Waals surface area contributed by atoms with Gasteiger partial charge in [-0.25, -0.2) is 4.68 Å². The van der Waals surface area contributed by atoms with Gasteiger partial charge in [0.1, 0.15) is 11.4 Å². The van der Waals surface area contributed by atoms with Gasteiger partial charge in [0.05, 0.1) is 5.69 Å². The molecule has 1 heterocycles. The minimum absolute atomic E-state index is 0.163. The Labute approximate surface area is 144 Å². The van der Waals surface area contributed by atoms with Crippen LogP contribution in [0.1, 0.15) is 17.4 Å². The van der Waals surface area contributed by atoms with Crippen LogP contribution >= 0.6 is 0 Å². The lowest BCUT2D eigenvalue weighted by molar-refractivity contribution is 0.101. The molecule has 0 atom stereocenters. The summed E-state index contributed by atoms with van der Waals surface area (Å²) >= 11 is 0. The minimum atomic E-state index is -0.411. The monoisotopic (exact) mass is 335 g/mol. The van der Waals surface area contributed by atoms with Crippen LogP contribution in [-0.2, 0) is 6.54 Å². The molecule has 0 aliphatic rings. The third-order valence-electron chi connectivity index (χ3n) is 3.51. The molecule has 1 aromatic heterocycles. The zero-order valence-corrected chi connectivity index (χ0v) is 13.7. The van der Waals surface area contributed by atoms with E-state index in [1.807, 2.05) is 36.4 Å². The molecule has 0 aliphatic carbocycles. The number of hydrogen-bond donors (Lipinski definition) is 1. The minimum Gasteiger partial charge on any atom is -0.455 e. The number of benzene rings is 2. The predicted molar refractivity (Wildman–Crippen MR) is 95.1 cm³/mol. The molecule has 0 radical (unpaired) electrons. The van der Waals surface area contributed by atoms with Gasteiger partial charge in [-0.05, 0) is 37.3 Å². The lowest BCUT2D eigenvalue weighted by Gasteiger charge is -2.12. The van der Waals surface area contributed by atoms with Crippen LogP contribution in [0.2, 0.25) is 0 Å². The second kappa shape index (κ2) is 7.44. The van der Waals surface area contributed by atoms with E-state index in [1.165, 1.54) is 16.8 Å².